The minimum Gasteiger partial charge on any atom is -0.482 e. The van der Waals surface area contributed by atoms with Gasteiger partial charge in [-0.1, -0.05) is 6.07 Å². The number of hydrogen-bond donors (Lipinski definition) is 0. The van der Waals surface area contributed by atoms with Gasteiger partial charge in [-0.25, -0.2) is 9.59 Å². The van der Waals surface area contributed by atoms with E-state index in [0.717, 1.165) is 11.1 Å². The molecule has 1 amide bonds. The molecule has 0 bridgehead atoms. The number of carbonyl (C=O) groups is 3. The predicted molar refractivity (Wildman–Crippen MR) is 93.9 cm³/mol. The zero-order valence-corrected chi connectivity index (χ0v) is 15.7. The van der Waals surface area contributed by atoms with E-state index in [9.17, 15) is 14.4 Å². The molecule has 142 valence electrons. The largest absolute Gasteiger partial charge is 0.482 e. The molecule has 0 atom stereocenters. The third kappa shape index (κ3) is 5.75. The fourth-order valence-corrected chi connectivity index (χ4v) is 2.55. The summed E-state index contributed by atoms with van der Waals surface area (Å²) in [6.45, 7) is 7.47. The van der Waals surface area contributed by atoms with E-state index in [0.29, 0.717) is 12.4 Å². The molecule has 0 saturated heterocycles. The van der Waals surface area contributed by atoms with Gasteiger partial charge in [0.15, 0.2) is 12.4 Å². The number of ether oxygens (including phenoxy) is 3. The lowest BCUT2D eigenvalue weighted by Crippen LogP contribution is -2.38. The van der Waals surface area contributed by atoms with Crippen molar-refractivity contribution in [3.8, 4) is 5.75 Å². The van der Waals surface area contributed by atoms with Crippen molar-refractivity contribution >= 4 is 17.8 Å². The van der Waals surface area contributed by atoms with Gasteiger partial charge in [-0.3, -0.25) is 9.69 Å². The molecule has 1 heterocycles. The lowest BCUT2D eigenvalue weighted by atomic mass is 10.0. The molecule has 0 N–H and O–H groups in total. The van der Waals surface area contributed by atoms with E-state index >= 15 is 0 Å². The van der Waals surface area contributed by atoms with Crippen LogP contribution in [0.5, 0.6) is 5.75 Å². The Morgan fingerprint density at radius 3 is 2.54 bits per heavy atom. The Labute approximate surface area is 153 Å². The Hall–Kier alpha value is -2.57. The Balaban J connectivity index is 2.11. The van der Waals surface area contributed by atoms with Crippen LogP contribution in [0.3, 0.4) is 0 Å². The summed E-state index contributed by atoms with van der Waals surface area (Å²) in [7, 11) is 0. The second kappa shape index (κ2) is 8.21. The van der Waals surface area contributed by atoms with Crippen molar-refractivity contribution in [3.63, 3.8) is 0 Å². The number of fused-ring (bicyclic) bond motifs is 1. The van der Waals surface area contributed by atoms with Gasteiger partial charge in [-0.15, -0.1) is 0 Å². The highest BCUT2D eigenvalue weighted by Crippen LogP contribution is 2.24. The van der Waals surface area contributed by atoms with E-state index < -0.39 is 17.7 Å². The Bertz CT molecular complexity index is 692. The normalized spacial score (nSPS) is 14.3. The molecule has 1 aliphatic heterocycles. The van der Waals surface area contributed by atoms with Crippen LogP contribution >= 0.6 is 0 Å². The van der Waals surface area contributed by atoms with Gasteiger partial charge in [0.05, 0.1) is 13.2 Å². The van der Waals surface area contributed by atoms with Gasteiger partial charge >= 0.3 is 12.1 Å². The van der Waals surface area contributed by atoms with Gasteiger partial charge in [-0.2, -0.15) is 0 Å². The van der Waals surface area contributed by atoms with Crippen LogP contribution in [-0.2, 0) is 32.0 Å². The summed E-state index contributed by atoms with van der Waals surface area (Å²) < 4.78 is 15.6. The first-order valence-electron chi connectivity index (χ1n) is 8.58. The van der Waals surface area contributed by atoms with E-state index in [2.05, 4.69) is 0 Å². The zero-order chi connectivity index (χ0) is 19.3. The van der Waals surface area contributed by atoms with Crippen molar-refractivity contribution in [1.82, 2.24) is 4.90 Å². The lowest BCUT2D eigenvalue weighted by molar-refractivity contribution is -0.145. The first-order valence-corrected chi connectivity index (χ1v) is 8.58. The average Bonchev–Trinajstić information content (AvgIpc) is 2.69. The van der Waals surface area contributed by atoms with Crippen molar-refractivity contribution < 1.29 is 28.6 Å². The molecule has 26 heavy (non-hydrogen) atoms. The van der Waals surface area contributed by atoms with E-state index in [1.807, 2.05) is 0 Å². The summed E-state index contributed by atoms with van der Waals surface area (Å²) >= 11 is 0. The number of nitrogens with zero attached hydrogens (tertiary/aromatic N) is 1. The van der Waals surface area contributed by atoms with Crippen molar-refractivity contribution in [2.75, 3.05) is 19.8 Å². The minimum atomic E-state index is -0.625. The Morgan fingerprint density at radius 1 is 1.15 bits per heavy atom. The van der Waals surface area contributed by atoms with Gasteiger partial charge in [0.25, 0.3) is 0 Å². The Morgan fingerprint density at radius 2 is 1.88 bits per heavy atom. The summed E-state index contributed by atoms with van der Waals surface area (Å²) in [6, 6.07) is 5.23. The highest BCUT2D eigenvalue weighted by molar-refractivity contribution is 5.87. The maximum atomic E-state index is 12.3. The standard InChI is InChI=1S/C19H25NO6/c1-5-24-17(22)12-25-16-7-6-13-10-20(18(23)26-19(2,3)4)11-15(21)8-14(13)9-16/h6-7,9H,5,8,10-12H2,1-4H3. The van der Waals surface area contributed by atoms with Crippen LogP contribution < -0.4 is 4.74 Å². The number of hydrogen-bond acceptors (Lipinski definition) is 6. The molecule has 0 saturated carbocycles. The van der Waals surface area contributed by atoms with Crippen LogP contribution in [0.4, 0.5) is 4.79 Å². The number of ketones is 1. The molecule has 0 radical (unpaired) electrons. The van der Waals surface area contributed by atoms with Gasteiger partial charge < -0.3 is 14.2 Å². The smallest absolute Gasteiger partial charge is 0.410 e. The molecular formula is C19H25NO6. The average molecular weight is 363 g/mol. The molecule has 1 aromatic carbocycles. The highest BCUT2D eigenvalue weighted by Gasteiger charge is 2.27. The maximum absolute atomic E-state index is 12.3. The molecule has 7 heteroatoms. The van der Waals surface area contributed by atoms with Gasteiger partial charge in [-0.05, 0) is 51.0 Å². The summed E-state index contributed by atoms with van der Waals surface area (Å²) in [4.78, 5) is 37.3. The number of Topliss-reactive ketones (excluding diaryl/α,β-unsaturated/α-hetero) is 1. The van der Waals surface area contributed by atoms with Crippen LogP contribution in [0.15, 0.2) is 18.2 Å². The quantitative estimate of drug-likeness (QED) is 0.765. The van der Waals surface area contributed by atoms with E-state index in [1.165, 1.54) is 4.90 Å². The van der Waals surface area contributed by atoms with Crippen molar-refractivity contribution in [2.45, 2.75) is 46.3 Å². The van der Waals surface area contributed by atoms with E-state index in [1.54, 1.807) is 45.9 Å². The summed E-state index contributed by atoms with van der Waals surface area (Å²) in [5, 5.41) is 0. The SMILES string of the molecule is CCOC(=O)COc1ccc2c(c1)CC(=O)CN(C(=O)OC(C)(C)C)C2. The molecule has 0 spiro atoms. The third-order valence-electron chi connectivity index (χ3n) is 3.61. The van der Waals surface area contributed by atoms with Gasteiger partial charge in [0.1, 0.15) is 11.4 Å². The monoisotopic (exact) mass is 363 g/mol. The van der Waals surface area contributed by atoms with Crippen LogP contribution in [0.25, 0.3) is 0 Å². The molecule has 1 aliphatic rings. The zero-order valence-electron chi connectivity index (χ0n) is 15.7. The molecule has 1 aromatic rings. The number of carbonyl (C=O) groups excluding carboxylic acids is 3. The van der Waals surface area contributed by atoms with Gasteiger partial charge in [0, 0.05) is 13.0 Å². The fourth-order valence-electron chi connectivity index (χ4n) is 2.55. The second-order valence-electron chi connectivity index (χ2n) is 7.08. The molecule has 0 aliphatic carbocycles. The maximum Gasteiger partial charge on any atom is 0.410 e. The van der Waals surface area contributed by atoms with E-state index in [4.69, 9.17) is 14.2 Å². The van der Waals surface area contributed by atoms with Crippen molar-refractivity contribution in [3.05, 3.63) is 29.3 Å². The minimum absolute atomic E-state index is 0.00259. The number of amides is 1. The molecule has 0 unspecified atom stereocenters. The molecular weight excluding hydrogens is 338 g/mol. The molecule has 7 nitrogen and oxygen atoms in total. The topological polar surface area (TPSA) is 82.1 Å². The number of benzene rings is 1. The molecule has 0 aromatic heterocycles. The number of esters is 1. The highest BCUT2D eigenvalue weighted by atomic mass is 16.6. The summed E-state index contributed by atoms with van der Waals surface area (Å²) in [6.07, 6.45) is -0.313. The van der Waals surface area contributed by atoms with Crippen molar-refractivity contribution in [2.24, 2.45) is 0 Å². The van der Waals surface area contributed by atoms with Crippen LogP contribution in [0.2, 0.25) is 0 Å². The van der Waals surface area contributed by atoms with Crippen LogP contribution in [0.1, 0.15) is 38.8 Å². The summed E-state index contributed by atoms with van der Waals surface area (Å²) in [5.74, 6) is -0.0536. The number of rotatable bonds is 4. The second-order valence-corrected chi connectivity index (χ2v) is 7.08. The lowest BCUT2D eigenvalue weighted by Gasteiger charge is -2.26. The van der Waals surface area contributed by atoms with Gasteiger partial charge in [0.2, 0.25) is 0 Å². The third-order valence-corrected chi connectivity index (χ3v) is 3.61. The van der Waals surface area contributed by atoms with Crippen molar-refractivity contribution in [1.29, 1.82) is 0 Å². The first kappa shape index (κ1) is 19.8. The van der Waals surface area contributed by atoms with Crippen LogP contribution in [-0.4, -0.2) is 48.1 Å². The predicted octanol–water partition coefficient (Wildman–Crippen LogP) is 2.49. The summed E-state index contributed by atoms with van der Waals surface area (Å²) in [5.41, 5.74) is 1.01. The Kier molecular flexibility index (Phi) is 6.23. The molecule has 2 rings (SSSR count). The van der Waals surface area contributed by atoms with E-state index in [-0.39, 0.29) is 31.9 Å². The fraction of sp³-hybridized carbons (Fsp3) is 0.526. The molecule has 0 fully saturated rings. The van der Waals surface area contributed by atoms with Crippen LogP contribution in [0, 0.1) is 0 Å². The first-order chi connectivity index (χ1) is 12.2.